The minimum atomic E-state index is 0.725. The fourth-order valence-corrected chi connectivity index (χ4v) is 1.27. The van der Waals surface area contributed by atoms with Gasteiger partial charge in [-0.2, -0.15) is 10.2 Å². The molecule has 0 aliphatic rings. The van der Waals surface area contributed by atoms with E-state index >= 15 is 0 Å². The molecule has 76 valence electrons. The van der Waals surface area contributed by atoms with Gasteiger partial charge in [-0.25, -0.2) is 0 Å². The first-order valence-electron chi connectivity index (χ1n) is 4.81. The third-order valence-corrected chi connectivity index (χ3v) is 1.99. The molecule has 2 aromatic heterocycles. The molecule has 4 heteroatoms. The van der Waals surface area contributed by atoms with Crippen LogP contribution >= 0.6 is 0 Å². The van der Waals surface area contributed by atoms with Crippen LogP contribution in [0.1, 0.15) is 11.3 Å². The minimum Gasteiger partial charge on any atom is -0.307 e. The molecular weight excluding hydrogens is 188 g/mol. The second kappa shape index (κ2) is 5.17. The molecule has 0 aliphatic heterocycles. The molecule has 0 aliphatic carbocycles. The minimum absolute atomic E-state index is 0.725. The maximum absolute atomic E-state index is 4.04. The first-order valence-corrected chi connectivity index (χ1v) is 4.81. The molecule has 0 atom stereocenters. The molecule has 15 heavy (non-hydrogen) atoms. The van der Waals surface area contributed by atoms with Crippen LogP contribution in [-0.4, -0.2) is 15.2 Å². The molecule has 0 saturated carbocycles. The predicted molar refractivity (Wildman–Crippen MR) is 56.8 cm³/mol. The lowest BCUT2D eigenvalue weighted by molar-refractivity contribution is 0.668. The molecule has 2 aromatic rings. The summed E-state index contributed by atoms with van der Waals surface area (Å²) in [7, 11) is 0. The number of aromatic nitrogens is 3. The smallest absolute Gasteiger partial charge is 0.0769 e. The zero-order valence-corrected chi connectivity index (χ0v) is 8.30. The summed E-state index contributed by atoms with van der Waals surface area (Å²) >= 11 is 0. The van der Waals surface area contributed by atoms with E-state index in [1.165, 1.54) is 5.56 Å². The van der Waals surface area contributed by atoms with Crippen LogP contribution in [0.25, 0.3) is 0 Å². The lowest BCUT2D eigenvalue weighted by Crippen LogP contribution is -2.13. The molecule has 0 unspecified atom stereocenters. The van der Waals surface area contributed by atoms with Crippen molar-refractivity contribution < 1.29 is 0 Å². The van der Waals surface area contributed by atoms with E-state index in [4.69, 9.17) is 0 Å². The van der Waals surface area contributed by atoms with Gasteiger partial charge < -0.3 is 5.32 Å². The standard InChI is InChI=1S/C11H12N4/c1-3-10(7-12-5-1)8-13-9-11-4-2-6-14-15-11/h1-7,13H,8-9H2. The fraction of sp³-hybridized carbons (Fsp3) is 0.182. The second-order valence-electron chi connectivity index (χ2n) is 3.18. The lowest BCUT2D eigenvalue weighted by atomic mass is 10.3. The highest BCUT2D eigenvalue weighted by Gasteiger charge is 1.94. The molecule has 0 bridgehead atoms. The van der Waals surface area contributed by atoms with Crippen molar-refractivity contribution in [2.24, 2.45) is 0 Å². The van der Waals surface area contributed by atoms with Crippen molar-refractivity contribution in [3.63, 3.8) is 0 Å². The summed E-state index contributed by atoms with van der Waals surface area (Å²) in [5.41, 5.74) is 2.11. The summed E-state index contributed by atoms with van der Waals surface area (Å²) in [6, 6.07) is 7.80. The highest BCUT2D eigenvalue weighted by atomic mass is 15.1. The van der Waals surface area contributed by atoms with E-state index in [1.54, 1.807) is 12.4 Å². The summed E-state index contributed by atoms with van der Waals surface area (Å²) < 4.78 is 0. The SMILES string of the molecule is c1cncc(CNCc2cccnn2)c1. The van der Waals surface area contributed by atoms with Gasteiger partial charge >= 0.3 is 0 Å². The third-order valence-electron chi connectivity index (χ3n) is 1.99. The second-order valence-corrected chi connectivity index (χ2v) is 3.18. The van der Waals surface area contributed by atoms with Crippen LogP contribution in [0.2, 0.25) is 0 Å². The van der Waals surface area contributed by atoms with Gasteiger partial charge in [0.15, 0.2) is 0 Å². The van der Waals surface area contributed by atoms with Gasteiger partial charge in [0, 0.05) is 31.7 Å². The van der Waals surface area contributed by atoms with E-state index in [2.05, 4.69) is 20.5 Å². The molecule has 0 amide bonds. The van der Waals surface area contributed by atoms with Gasteiger partial charge in [0.25, 0.3) is 0 Å². The van der Waals surface area contributed by atoms with Crippen molar-refractivity contribution in [2.45, 2.75) is 13.1 Å². The Kier molecular flexibility index (Phi) is 3.35. The Morgan fingerprint density at radius 2 is 2.00 bits per heavy atom. The maximum atomic E-state index is 4.04. The highest BCUT2D eigenvalue weighted by Crippen LogP contribution is 1.96. The maximum Gasteiger partial charge on any atom is 0.0769 e. The first kappa shape index (κ1) is 9.73. The molecule has 1 N–H and O–H groups in total. The van der Waals surface area contributed by atoms with Crippen molar-refractivity contribution in [3.8, 4) is 0 Å². The van der Waals surface area contributed by atoms with Crippen LogP contribution in [0.3, 0.4) is 0 Å². The van der Waals surface area contributed by atoms with Gasteiger partial charge in [-0.05, 0) is 23.8 Å². The topological polar surface area (TPSA) is 50.7 Å². The monoisotopic (exact) mass is 200 g/mol. The summed E-state index contributed by atoms with van der Waals surface area (Å²) in [4.78, 5) is 4.04. The van der Waals surface area contributed by atoms with Crippen LogP contribution in [0.15, 0.2) is 42.9 Å². The normalized spacial score (nSPS) is 10.1. The molecule has 0 spiro atoms. The molecule has 0 fully saturated rings. The van der Waals surface area contributed by atoms with Gasteiger partial charge in [0.05, 0.1) is 5.69 Å². The van der Waals surface area contributed by atoms with Crippen molar-refractivity contribution in [1.29, 1.82) is 0 Å². The zero-order valence-electron chi connectivity index (χ0n) is 8.30. The Labute approximate surface area is 88.4 Å². The van der Waals surface area contributed by atoms with Crippen LogP contribution in [0.4, 0.5) is 0 Å². The molecule has 2 rings (SSSR count). The highest BCUT2D eigenvalue weighted by molar-refractivity contribution is 5.08. The van der Waals surface area contributed by atoms with E-state index in [9.17, 15) is 0 Å². The molecular formula is C11H12N4. The zero-order chi connectivity index (χ0) is 10.3. The van der Waals surface area contributed by atoms with Crippen molar-refractivity contribution >= 4 is 0 Å². The van der Waals surface area contributed by atoms with E-state index < -0.39 is 0 Å². The van der Waals surface area contributed by atoms with E-state index in [-0.39, 0.29) is 0 Å². The number of nitrogens with one attached hydrogen (secondary N) is 1. The van der Waals surface area contributed by atoms with Crippen LogP contribution in [-0.2, 0) is 13.1 Å². The Morgan fingerprint density at radius 3 is 2.73 bits per heavy atom. The number of hydrogen-bond acceptors (Lipinski definition) is 4. The van der Waals surface area contributed by atoms with Gasteiger partial charge in [-0.3, -0.25) is 4.98 Å². The molecule has 0 radical (unpaired) electrons. The number of pyridine rings is 1. The van der Waals surface area contributed by atoms with Gasteiger partial charge in [-0.15, -0.1) is 0 Å². The summed E-state index contributed by atoms with van der Waals surface area (Å²) in [6.07, 6.45) is 5.29. The molecule has 0 aromatic carbocycles. The molecule has 4 nitrogen and oxygen atoms in total. The summed E-state index contributed by atoms with van der Waals surface area (Å²) in [5.74, 6) is 0. The van der Waals surface area contributed by atoms with Crippen LogP contribution in [0, 0.1) is 0 Å². The average molecular weight is 200 g/mol. The Morgan fingerprint density at radius 1 is 1.07 bits per heavy atom. The van der Waals surface area contributed by atoms with Crippen LogP contribution in [0.5, 0.6) is 0 Å². The third kappa shape index (κ3) is 3.11. The predicted octanol–water partition coefficient (Wildman–Crippen LogP) is 1.16. The summed E-state index contributed by atoms with van der Waals surface area (Å²) in [5, 5.41) is 11.1. The van der Waals surface area contributed by atoms with Gasteiger partial charge in [-0.1, -0.05) is 6.07 Å². The van der Waals surface area contributed by atoms with Crippen LogP contribution < -0.4 is 5.32 Å². The van der Waals surface area contributed by atoms with Gasteiger partial charge in [0.2, 0.25) is 0 Å². The largest absolute Gasteiger partial charge is 0.307 e. The summed E-state index contributed by atoms with van der Waals surface area (Å²) in [6.45, 7) is 1.52. The Hall–Kier alpha value is -1.81. The van der Waals surface area contributed by atoms with Crippen molar-refractivity contribution in [1.82, 2.24) is 20.5 Å². The lowest BCUT2D eigenvalue weighted by Gasteiger charge is -2.02. The van der Waals surface area contributed by atoms with Crippen molar-refractivity contribution in [2.75, 3.05) is 0 Å². The van der Waals surface area contributed by atoms with E-state index in [0.717, 1.165) is 18.8 Å². The van der Waals surface area contributed by atoms with Crippen molar-refractivity contribution in [3.05, 3.63) is 54.1 Å². The fourth-order valence-electron chi connectivity index (χ4n) is 1.27. The van der Waals surface area contributed by atoms with Gasteiger partial charge in [0.1, 0.15) is 0 Å². The molecule has 0 saturated heterocycles. The van der Waals surface area contributed by atoms with E-state index in [1.807, 2.05) is 30.5 Å². The Balaban J connectivity index is 1.81. The first-order chi connectivity index (χ1) is 7.45. The average Bonchev–Trinajstić information content (AvgIpc) is 2.32. The quantitative estimate of drug-likeness (QED) is 0.804. The number of rotatable bonds is 4. The Bertz CT molecular complexity index is 348. The number of hydrogen-bond donors (Lipinski definition) is 1. The number of nitrogens with zero attached hydrogens (tertiary/aromatic N) is 3. The molecule has 2 heterocycles. The van der Waals surface area contributed by atoms with E-state index in [0.29, 0.717) is 0 Å².